The molecule has 0 unspecified atom stereocenters. The topological polar surface area (TPSA) is 52.3 Å². The van der Waals surface area contributed by atoms with Gasteiger partial charge in [-0.1, -0.05) is 58.3 Å². The van der Waals surface area contributed by atoms with E-state index in [1.54, 1.807) is 0 Å². The molecular weight excluding hydrogens is 214 g/mol. The molecule has 0 aliphatic carbocycles. The highest BCUT2D eigenvalue weighted by molar-refractivity contribution is 5.73. The Labute approximate surface area is 106 Å². The Kier molecular flexibility index (Phi) is 13.0. The Bertz CT molecular complexity index is 172. The molecule has 2 N–H and O–H groups in total. The van der Waals surface area contributed by atoms with Crippen molar-refractivity contribution in [3.63, 3.8) is 0 Å². The fourth-order valence-corrected chi connectivity index (χ4v) is 1.79. The Morgan fingerprint density at radius 3 is 1.94 bits per heavy atom. The van der Waals surface area contributed by atoms with E-state index in [0.717, 1.165) is 13.0 Å². The summed E-state index contributed by atoms with van der Waals surface area (Å²) in [6.45, 7) is 3.49. The molecule has 0 atom stereocenters. The third-order valence-corrected chi connectivity index (χ3v) is 2.89. The molecule has 0 heterocycles. The van der Waals surface area contributed by atoms with Crippen LogP contribution in [0, 0.1) is 0 Å². The van der Waals surface area contributed by atoms with E-state index >= 15 is 0 Å². The normalized spacial score (nSPS) is 10.6. The quantitative estimate of drug-likeness (QED) is 0.504. The van der Waals surface area contributed by atoms with Crippen LogP contribution in [0.1, 0.15) is 71.1 Å². The summed E-state index contributed by atoms with van der Waals surface area (Å²) in [6, 6.07) is 0. The van der Waals surface area contributed by atoms with Crippen LogP contribution in [-0.4, -0.2) is 19.1 Å². The van der Waals surface area contributed by atoms with Gasteiger partial charge < -0.3 is 10.5 Å². The van der Waals surface area contributed by atoms with Crippen LogP contribution < -0.4 is 5.73 Å². The summed E-state index contributed by atoms with van der Waals surface area (Å²) >= 11 is 0. The first-order valence-corrected chi connectivity index (χ1v) is 7.13. The predicted octanol–water partition coefficient (Wildman–Crippen LogP) is 3.41. The summed E-state index contributed by atoms with van der Waals surface area (Å²) in [7, 11) is 0. The average molecular weight is 243 g/mol. The van der Waals surface area contributed by atoms with Crippen LogP contribution in [0.2, 0.25) is 0 Å². The predicted molar refractivity (Wildman–Crippen MR) is 71.9 cm³/mol. The van der Waals surface area contributed by atoms with Crippen LogP contribution in [0.15, 0.2) is 0 Å². The van der Waals surface area contributed by atoms with Gasteiger partial charge in [0.2, 0.25) is 5.91 Å². The first kappa shape index (κ1) is 16.4. The van der Waals surface area contributed by atoms with Crippen LogP contribution >= 0.6 is 0 Å². The Morgan fingerprint density at radius 1 is 0.882 bits per heavy atom. The van der Waals surface area contributed by atoms with Crippen molar-refractivity contribution < 1.29 is 9.53 Å². The van der Waals surface area contributed by atoms with Crippen molar-refractivity contribution in [2.24, 2.45) is 5.73 Å². The SMILES string of the molecule is CCCCCCCCCCCOCCC(N)=O. The van der Waals surface area contributed by atoms with E-state index in [2.05, 4.69) is 6.92 Å². The van der Waals surface area contributed by atoms with Crippen LogP contribution in [0.4, 0.5) is 0 Å². The molecule has 102 valence electrons. The molecule has 17 heavy (non-hydrogen) atoms. The monoisotopic (exact) mass is 243 g/mol. The van der Waals surface area contributed by atoms with Crippen molar-refractivity contribution in [3.05, 3.63) is 0 Å². The second-order valence-electron chi connectivity index (χ2n) is 4.66. The molecular formula is C14H29NO2. The van der Waals surface area contributed by atoms with Crippen molar-refractivity contribution >= 4 is 5.91 Å². The van der Waals surface area contributed by atoms with Crippen molar-refractivity contribution in [1.82, 2.24) is 0 Å². The molecule has 0 bridgehead atoms. The van der Waals surface area contributed by atoms with Gasteiger partial charge in [-0.25, -0.2) is 0 Å². The number of nitrogens with two attached hydrogens (primary N) is 1. The molecule has 0 radical (unpaired) electrons. The number of carbonyl (C=O) groups is 1. The van der Waals surface area contributed by atoms with E-state index in [4.69, 9.17) is 10.5 Å². The fraction of sp³-hybridized carbons (Fsp3) is 0.929. The molecule has 0 aromatic rings. The van der Waals surface area contributed by atoms with E-state index in [-0.39, 0.29) is 5.91 Å². The minimum absolute atomic E-state index is 0.280. The van der Waals surface area contributed by atoms with Crippen molar-refractivity contribution in [3.8, 4) is 0 Å². The summed E-state index contributed by atoms with van der Waals surface area (Å²) in [5, 5.41) is 0. The third-order valence-electron chi connectivity index (χ3n) is 2.89. The molecule has 3 heteroatoms. The maximum absolute atomic E-state index is 10.4. The molecule has 3 nitrogen and oxygen atoms in total. The minimum atomic E-state index is -0.280. The van der Waals surface area contributed by atoms with Crippen molar-refractivity contribution in [2.45, 2.75) is 71.1 Å². The summed E-state index contributed by atoms with van der Waals surface area (Å²) in [6.07, 6.45) is 12.2. The summed E-state index contributed by atoms with van der Waals surface area (Å²) in [5.74, 6) is -0.280. The molecule has 0 fully saturated rings. The average Bonchev–Trinajstić information content (AvgIpc) is 2.30. The number of unbranched alkanes of at least 4 members (excludes halogenated alkanes) is 8. The van der Waals surface area contributed by atoms with E-state index < -0.39 is 0 Å². The minimum Gasteiger partial charge on any atom is -0.381 e. The summed E-state index contributed by atoms with van der Waals surface area (Å²) in [4.78, 5) is 10.4. The van der Waals surface area contributed by atoms with E-state index in [1.807, 2.05) is 0 Å². The zero-order valence-corrected chi connectivity index (χ0v) is 11.4. The fourth-order valence-electron chi connectivity index (χ4n) is 1.79. The van der Waals surface area contributed by atoms with Crippen LogP contribution in [0.25, 0.3) is 0 Å². The lowest BCUT2D eigenvalue weighted by Crippen LogP contribution is -2.13. The molecule has 0 rings (SSSR count). The summed E-state index contributed by atoms with van der Waals surface area (Å²) in [5.41, 5.74) is 5.00. The highest BCUT2D eigenvalue weighted by Gasteiger charge is 1.95. The van der Waals surface area contributed by atoms with Gasteiger partial charge in [0.05, 0.1) is 6.61 Å². The first-order valence-electron chi connectivity index (χ1n) is 7.13. The standard InChI is InChI=1S/C14H29NO2/c1-2-3-4-5-6-7-8-9-10-12-17-13-11-14(15)16/h2-13H2,1H3,(H2,15,16). The second kappa shape index (κ2) is 13.5. The van der Waals surface area contributed by atoms with Crippen LogP contribution in [-0.2, 0) is 9.53 Å². The number of primary amides is 1. The lowest BCUT2D eigenvalue weighted by molar-refractivity contribution is -0.119. The smallest absolute Gasteiger partial charge is 0.219 e. The van der Waals surface area contributed by atoms with Gasteiger partial charge in [0.25, 0.3) is 0 Å². The van der Waals surface area contributed by atoms with Gasteiger partial charge in [-0.2, -0.15) is 0 Å². The highest BCUT2D eigenvalue weighted by atomic mass is 16.5. The zero-order chi connectivity index (χ0) is 12.8. The van der Waals surface area contributed by atoms with E-state index in [9.17, 15) is 4.79 Å². The van der Waals surface area contributed by atoms with Crippen molar-refractivity contribution in [1.29, 1.82) is 0 Å². The lowest BCUT2D eigenvalue weighted by atomic mass is 10.1. The number of hydrogen-bond acceptors (Lipinski definition) is 2. The van der Waals surface area contributed by atoms with Crippen LogP contribution in [0.5, 0.6) is 0 Å². The Hall–Kier alpha value is -0.570. The molecule has 0 aromatic carbocycles. The first-order chi connectivity index (χ1) is 8.27. The van der Waals surface area contributed by atoms with Crippen molar-refractivity contribution in [2.75, 3.05) is 13.2 Å². The maximum Gasteiger partial charge on any atom is 0.219 e. The lowest BCUT2D eigenvalue weighted by Gasteiger charge is -2.03. The molecule has 0 aliphatic rings. The van der Waals surface area contributed by atoms with Gasteiger partial charge in [0, 0.05) is 13.0 Å². The van der Waals surface area contributed by atoms with Gasteiger partial charge in [-0.15, -0.1) is 0 Å². The number of ether oxygens (including phenoxy) is 1. The zero-order valence-electron chi connectivity index (χ0n) is 11.4. The number of hydrogen-bond donors (Lipinski definition) is 1. The van der Waals surface area contributed by atoms with E-state index in [1.165, 1.54) is 51.4 Å². The van der Waals surface area contributed by atoms with E-state index in [0.29, 0.717) is 13.0 Å². The number of carbonyl (C=O) groups excluding carboxylic acids is 1. The van der Waals surface area contributed by atoms with Crippen LogP contribution in [0.3, 0.4) is 0 Å². The molecule has 0 aromatic heterocycles. The van der Waals surface area contributed by atoms with Gasteiger partial charge in [-0.3, -0.25) is 4.79 Å². The van der Waals surface area contributed by atoms with Gasteiger partial charge >= 0.3 is 0 Å². The molecule has 1 amide bonds. The third kappa shape index (κ3) is 15.4. The molecule has 0 saturated heterocycles. The highest BCUT2D eigenvalue weighted by Crippen LogP contribution is 2.09. The molecule has 0 aliphatic heterocycles. The molecule has 0 saturated carbocycles. The second-order valence-corrected chi connectivity index (χ2v) is 4.66. The Balaban J connectivity index is 2.91. The maximum atomic E-state index is 10.4. The number of rotatable bonds is 13. The molecule has 0 spiro atoms. The Morgan fingerprint density at radius 2 is 1.41 bits per heavy atom. The summed E-state index contributed by atoms with van der Waals surface area (Å²) < 4.78 is 5.30. The van der Waals surface area contributed by atoms with Gasteiger partial charge in [0.1, 0.15) is 0 Å². The largest absolute Gasteiger partial charge is 0.381 e. The van der Waals surface area contributed by atoms with Gasteiger partial charge in [0.15, 0.2) is 0 Å². The van der Waals surface area contributed by atoms with Gasteiger partial charge in [-0.05, 0) is 6.42 Å². The number of amides is 1.